The highest BCUT2D eigenvalue weighted by atomic mass is 16.5. The van der Waals surface area contributed by atoms with E-state index in [-0.39, 0.29) is 24.8 Å². The fourth-order valence-corrected chi connectivity index (χ4v) is 3.41. The Morgan fingerprint density at radius 3 is 2.68 bits per heavy atom. The van der Waals surface area contributed by atoms with Gasteiger partial charge in [-0.3, -0.25) is 24.6 Å². The Labute approximate surface area is 146 Å². The first-order chi connectivity index (χ1) is 12.0. The van der Waals surface area contributed by atoms with E-state index in [1.165, 1.54) is 0 Å². The number of hydrogen-bond acceptors (Lipinski definition) is 5. The second-order valence-electron chi connectivity index (χ2n) is 6.57. The van der Waals surface area contributed by atoms with Crippen LogP contribution in [0.5, 0.6) is 5.75 Å². The normalized spacial score (nSPS) is 22.5. The Morgan fingerprint density at radius 2 is 2.00 bits per heavy atom. The molecule has 25 heavy (non-hydrogen) atoms. The highest BCUT2D eigenvalue weighted by Gasteiger charge is 2.28. The average molecular weight is 346 g/mol. The average Bonchev–Trinajstić information content (AvgIpc) is 2.58. The van der Waals surface area contributed by atoms with Crippen molar-refractivity contribution in [2.45, 2.75) is 37.7 Å². The number of aliphatic carboxylic acids is 1. The first kappa shape index (κ1) is 17.4. The summed E-state index contributed by atoms with van der Waals surface area (Å²) in [5.74, 6) is -0.455. The number of carboxylic acids is 1. The summed E-state index contributed by atoms with van der Waals surface area (Å²) in [6, 6.07) is 7.70. The zero-order chi connectivity index (χ0) is 17.8. The van der Waals surface area contributed by atoms with E-state index in [1.54, 1.807) is 0 Å². The number of nitrogens with one attached hydrogen (secondary N) is 1. The molecule has 2 amide bonds. The quantitative estimate of drug-likeness (QED) is 0.776. The molecule has 1 atom stereocenters. The van der Waals surface area contributed by atoms with Gasteiger partial charge in [-0.05, 0) is 49.5 Å². The van der Waals surface area contributed by atoms with Gasteiger partial charge in [0.25, 0.3) is 5.91 Å². The van der Waals surface area contributed by atoms with Crippen LogP contribution in [0.2, 0.25) is 0 Å². The largest absolute Gasteiger partial charge is 0.481 e. The van der Waals surface area contributed by atoms with Crippen LogP contribution in [0, 0.1) is 0 Å². The number of ether oxygens (including phenoxy) is 1. The van der Waals surface area contributed by atoms with Crippen molar-refractivity contribution >= 4 is 17.8 Å². The fraction of sp³-hybridized carbons (Fsp3) is 0.500. The third kappa shape index (κ3) is 4.57. The van der Waals surface area contributed by atoms with Crippen molar-refractivity contribution in [3.63, 3.8) is 0 Å². The minimum atomic E-state index is -0.793. The number of benzene rings is 1. The molecule has 1 aromatic rings. The van der Waals surface area contributed by atoms with Gasteiger partial charge in [0.05, 0.1) is 6.54 Å². The van der Waals surface area contributed by atoms with Crippen LogP contribution in [-0.4, -0.2) is 53.5 Å². The summed E-state index contributed by atoms with van der Waals surface area (Å²) in [5.41, 5.74) is 1.14. The van der Waals surface area contributed by atoms with Gasteiger partial charge in [0.15, 0.2) is 6.10 Å². The molecule has 0 spiro atoms. The summed E-state index contributed by atoms with van der Waals surface area (Å²) in [5, 5.41) is 11.2. The van der Waals surface area contributed by atoms with Crippen molar-refractivity contribution in [2.75, 3.05) is 19.6 Å². The van der Waals surface area contributed by atoms with Gasteiger partial charge in [-0.25, -0.2) is 0 Å². The molecule has 0 bridgehead atoms. The molecule has 1 aromatic carbocycles. The van der Waals surface area contributed by atoms with Gasteiger partial charge in [0, 0.05) is 12.8 Å². The Bertz CT molecular complexity index is 667. The van der Waals surface area contributed by atoms with E-state index in [2.05, 4.69) is 5.32 Å². The summed E-state index contributed by atoms with van der Waals surface area (Å²) in [6.45, 7) is 1.61. The zero-order valence-corrected chi connectivity index (χ0v) is 13.9. The second-order valence-corrected chi connectivity index (χ2v) is 6.57. The summed E-state index contributed by atoms with van der Waals surface area (Å²) in [7, 11) is 0. The number of carboxylic acid groups (broad SMARTS) is 1. The lowest BCUT2D eigenvalue weighted by Gasteiger charge is -2.31. The van der Waals surface area contributed by atoms with E-state index in [0.717, 1.165) is 31.5 Å². The Morgan fingerprint density at radius 1 is 1.24 bits per heavy atom. The maximum atomic E-state index is 11.8. The zero-order valence-electron chi connectivity index (χ0n) is 13.9. The number of rotatable bonds is 5. The number of likely N-dealkylation sites (tertiary alicyclic amines) is 1. The van der Waals surface area contributed by atoms with E-state index in [9.17, 15) is 14.4 Å². The van der Waals surface area contributed by atoms with Crippen molar-refractivity contribution in [3.05, 3.63) is 29.8 Å². The van der Waals surface area contributed by atoms with E-state index >= 15 is 0 Å². The first-order valence-electron chi connectivity index (χ1n) is 8.56. The van der Waals surface area contributed by atoms with Crippen molar-refractivity contribution < 1.29 is 24.2 Å². The van der Waals surface area contributed by atoms with Gasteiger partial charge < -0.3 is 9.84 Å². The van der Waals surface area contributed by atoms with Crippen LogP contribution in [0.25, 0.3) is 0 Å². The highest BCUT2D eigenvalue weighted by Crippen LogP contribution is 2.30. The number of nitrogens with zero attached hydrogens (tertiary/aromatic N) is 1. The topological polar surface area (TPSA) is 95.9 Å². The third-order valence-electron chi connectivity index (χ3n) is 4.74. The van der Waals surface area contributed by atoms with Gasteiger partial charge in [0.1, 0.15) is 5.75 Å². The van der Waals surface area contributed by atoms with Crippen LogP contribution in [0.3, 0.4) is 0 Å². The van der Waals surface area contributed by atoms with Crippen LogP contribution in [0.1, 0.15) is 37.2 Å². The van der Waals surface area contributed by atoms with E-state index in [1.807, 2.05) is 29.2 Å². The van der Waals surface area contributed by atoms with Crippen LogP contribution >= 0.6 is 0 Å². The molecule has 2 fully saturated rings. The van der Waals surface area contributed by atoms with Gasteiger partial charge in [-0.1, -0.05) is 12.1 Å². The van der Waals surface area contributed by atoms with Crippen LogP contribution in [0.4, 0.5) is 0 Å². The molecule has 3 rings (SSSR count). The number of amides is 2. The first-order valence-corrected chi connectivity index (χ1v) is 8.56. The van der Waals surface area contributed by atoms with Gasteiger partial charge in [-0.15, -0.1) is 0 Å². The van der Waals surface area contributed by atoms with Gasteiger partial charge in [0.2, 0.25) is 5.91 Å². The molecule has 2 N–H and O–H groups in total. The third-order valence-corrected chi connectivity index (χ3v) is 4.74. The minimum Gasteiger partial charge on any atom is -0.481 e. The number of hydrogen-bond donors (Lipinski definition) is 2. The number of carbonyl (C=O) groups is 3. The van der Waals surface area contributed by atoms with E-state index in [0.29, 0.717) is 18.1 Å². The van der Waals surface area contributed by atoms with Gasteiger partial charge in [-0.2, -0.15) is 0 Å². The molecule has 2 aliphatic rings. The van der Waals surface area contributed by atoms with Gasteiger partial charge >= 0.3 is 5.97 Å². The van der Waals surface area contributed by atoms with Crippen LogP contribution in [-0.2, 0) is 14.4 Å². The maximum absolute atomic E-state index is 11.8. The molecule has 0 radical (unpaired) electrons. The summed E-state index contributed by atoms with van der Waals surface area (Å²) in [6.07, 6.45) is 1.84. The molecule has 7 heteroatoms. The van der Waals surface area contributed by atoms with E-state index < -0.39 is 12.1 Å². The van der Waals surface area contributed by atoms with E-state index in [4.69, 9.17) is 9.84 Å². The SMILES string of the molecule is O=C(O)CN1CCC(c2cccc(OC3CCC(=O)NC3=O)c2)CC1. The Balaban J connectivity index is 1.59. The summed E-state index contributed by atoms with van der Waals surface area (Å²) >= 11 is 0. The molecule has 134 valence electrons. The molecule has 1 unspecified atom stereocenters. The molecule has 7 nitrogen and oxygen atoms in total. The molecule has 0 aliphatic carbocycles. The van der Waals surface area contributed by atoms with Crippen molar-refractivity contribution in [1.29, 1.82) is 0 Å². The highest BCUT2D eigenvalue weighted by molar-refractivity contribution is 5.99. The Kier molecular flexibility index (Phi) is 5.33. The van der Waals surface area contributed by atoms with Crippen LogP contribution < -0.4 is 10.1 Å². The molecule has 0 saturated carbocycles. The second kappa shape index (κ2) is 7.65. The van der Waals surface area contributed by atoms with Crippen molar-refractivity contribution in [1.82, 2.24) is 10.2 Å². The fourth-order valence-electron chi connectivity index (χ4n) is 3.41. The lowest BCUT2D eigenvalue weighted by molar-refractivity contribution is -0.140. The maximum Gasteiger partial charge on any atom is 0.317 e. The number of piperidine rings is 2. The monoisotopic (exact) mass is 346 g/mol. The molecule has 0 aromatic heterocycles. The molecular weight excluding hydrogens is 324 g/mol. The number of carbonyl (C=O) groups excluding carboxylic acids is 2. The summed E-state index contributed by atoms with van der Waals surface area (Å²) < 4.78 is 5.77. The predicted molar refractivity (Wildman–Crippen MR) is 89.3 cm³/mol. The smallest absolute Gasteiger partial charge is 0.317 e. The van der Waals surface area contributed by atoms with Crippen molar-refractivity contribution in [3.8, 4) is 5.75 Å². The Hall–Kier alpha value is -2.41. The lowest BCUT2D eigenvalue weighted by Crippen LogP contribution is -2.46. The molecular formula is C18H22N2O5. The predicted octanol–water partition coefficient (Wildman–Crippen LogP) is 1.13. The summed E-state index contributed by atoms with van der Waals surface area (Å²) in [4.78, 5) is 35.7. The standard InChI is InChI=1S/C18H22N2O5/c21-16-5-4-15(18(24)19-16)25-14-3-1-2-13(10-14)12-6-8-20(9-7-12)11-17(22)23/h1-3,10,12,15H,4-9,11H2,(H,22,23)(H,19,21,24). The van der Waals surface area contributed by atoms with Crippen LogP contribution in [0.15, 0.2) is 24.3 Å². The van der Waals surface area contributed by atoms with Crippen molar-refractivity contribution in [2.24, 2.45) is 0 Å². The molecule has 2 saturated heterocycles. The minimum absolute atomic E-state index is 0.0887. The molecule has 2 aliphatic heterocycles. The lowest BCUT2D eigenvalue weighted by atomic mass is 9.89. The molecule has 2 heterocycles. The number of imide groups is 1.